The van der Waals surface area contributed by atoms with Crippen molar-refractivity contribution >= 4 is 17.5 Å². The van der Waals surface area contributed by atoms with Crippen LogP contribution in [0, 0.1) is 12.8 Å². The van der Waals surface area contributed by atoms with Gasteiger partial charge in [-0.1, -0.05) is 6.07 Å². The lowest BCUT2D eigenvalue weighted by molar-refractivity contribution is -0.143. The number of ether oxygens (including phenoxy) is 1. The molecular weight excluding hydrogens is 489 g/mol. The van der Waals surface area contributed by atoms with Gasteiger partial charge < -0.3 is 30.7 Å². The van der Waals surface area contributed by atoms with Crippen LogP contribution in [0.2, 0.25) is 0 Å². The summed E-state index contributed by atoms with van der Waals surface area (Å²) in [5, 5.41) is 18.9. The minimum absolute atomic E-state index is 0.0765. The number of benzene rings is 1. The van der Waals surface area contributed by atoms with E-state index in [1.807, 2.05) is 13.0 Å². The number of anilines is 2. The van der Waals surface area contributed by atoms with Gasteiger partial charge >= 0.3 is 12.2 Å². The number of aromatic nitrogens is 2. The Morgan fingerprint density at radius 2 is 2.14 bits per heavy atom. The van der Waals surface area contributed by atoms with E-state index in [1.54, 1.807) is 25.1 Å². The number of morpholine rings is 1. The number of aryl methyl sites for hydroxylation is 1. The summed E-state index contributed by atoms with van der Waals surface area (Å²) in [5.74, 6) is 0.457. The Morgan fingerprint density at radius 3 is 2.84 bits per heavy atom. The highest BCUT2D eigenvalue weighted by molar-refractivity contribution is 5.90. The van der Waals surface area contributed by atoms with Crippen molar-refractivity contribution in [3.8, 4) is 11.3 Å². The van der Waals surface area contributed by atoms with Gasteiger partial charge in [-0.25, -0.2) is 14.8 Å². The summed E-state index contributed by atoms with van der Waals surface area (Å²) in [7, 11) is 0. The third-order valence-corrected chi connectivity index (χ3v) is 6.40. The second-order valence-corrected chi connectivity index (χ2v) is 9.67. The molecule has 12 heteroatoms. The Balaban J connectivity index is 1.54. The molecule has 0 spiro atoms. The number of carbonyl (C=O) groups is 1. The molecule has 2 saturated heterocycles. The van der Waals surface area contributed by atoms with Crippen molar-refractivity contribution in [1.29, 1.82) is 0 Å². The van der Waals surface area contributed by atoms with E-state index in [1.165, 1.54) is 4.90 Å². The van der Waals surface area contributed by atoms with Crippen molar-refractivity contribution in [2.24, 2.45) is 5.92 Å². The molecule has 1 aromatic carbocycles. The fourth-order valence-electron chi connectivity index (χ4n) is 4.51. The van der Waals surface area contributed by atoms with Gasteiger partial charge in [0.15, 0.2) is 5.82 Å². The van der Waals surface area contributed by atoms with Crippen molar-refractivity contribution in [3.63, 3.8) is 0 Å². The predicted octanol–water partition coefficient (Wildman–Crippen LogP) is 3.71. The molecule has 4 N–H and O–H groups in total. The number of aliphatic hydroxyl groups is 1. The Hall–Kier alpha value is -2.96. The summed E-state index contributed by atoms with van der Waals surface area (Å²) in [5.41, 5.74) is 2.81. The summed E-state index contributed by atoms with van der Waals surface area (Å²) in [4.78, 5) is 23.5. The average Bonchev–Trinajstić information content (AvgIpc) is 3.31. The molecule has 9 nitrogen and oxygen atoms in total. The van der Waals surface area contributed by atoms with E-state index in [-0.39, 0.29) is 19.2 Å². The third kappa shape index (κ3) is 7.53. The lowest BCUT2D eigenvalue weighted by Crippen LogP contribution is -2.34. The molecule has 4 rings (SSSR count). The van der Waals surface area contributed by atoms with E-state index in [0.29, 0.717) is 49.1 Å². The molecule has 2 fully saturated rings. The maximum Gasteiger partial charge on any atom is 0.389 e. The standard InChI is InChI=1S/C25H33F3N6O3/c1-15-3-4-18(31-24(36)34-7-5-17(14-34)11-25(26,27)28)9-19(15)20-10-22(30-12-16(2)35)33-23(32-20)21-13-29-6-8-37-21/h3-4,9-10,16-17,21,29,35H,5-8,11-14H2,1-2H3,(H,31,36)(H,30,32,33). The van der Waals surface area contributed by atoms with Gasteiger partial charge in [0.2, 0.25) is 0 Å². The van der Waals surface area contributed by atoms with E-state index in [9.17, 15) is 23.1 Å². The van der Waals surface area contributed by atoms with E-state index in [0.717, 1.165) is 17.7 Å². The van der Waals surface area contributed by atoms with Crippen molar-refractivity contribution in [3.05, 3.63) is 35.7 Å². The molecular formula is C25H33F3N6O3. The van der Waals surface area contributed by atoms with E-state index in [2.05, 4.69) is 20.9 Å². The number of alkyl halides is 3. The van der Waals surface area contributed by atoms with Crippen LogP contribution < -0.4 is 16.0 Å². The van der Waals surface area contributed by atoms with Gasteiger partial charge in [0.1, 0.15) is 11.9 Å². The number of hydrogen-bond acceptors (Lipinski definition) is 7. The molecule has 2 amide bonds. The Bertz CT molecular complexity index is 1090. The first-order valence-corrected chi connectivity index (χ1v) is 12.4. The second-order valence-electron chi connectivity index (χ2n) is 9.67. The van der Waals surface area contributed by atoms with Crippen molar-refractivity contribution < 1.29 is 27.8 Å². The monoisotopic (exact) mass is 522 g/mol. The van der Waals surface area contributed by atoms with Gasteiger partial charge in [0.25, 0.3) is 0 Å². The molecule has 2 aliphatic heterocycles. The molecule has 0 aliphatic carbocycles. The van der Waals surface area contributed by atoms with Crippen molar-refractivity contribution in [1.82, 2.24) is 20.2 Å². The smallest absolute Gasteiger partial charge is 0.389 e. The lowest BCUT2D eigenvalue weighted by Gasteiger charge is -2.23. The molecule has 2 aliphatic rings. The zero-order chi connectivity index (χ0) is 26.6. The molecule has 0 saturated carbocycles. The van der Waals surface area contributed by atoms with E-state index in [4.69, 9.17) is 9.72 Å². The van der Waals surface area contributed by atoms with Crippen LogP contribution in [0.25, 0.3) is 11.3 Å². The van der Waals surface area contributed by atoms with Gasteiger partial charge in [0, 0.05) is 56.5 Å². The first-order chi connectivity index (χ1) is 17.6. The molecule has 3 heterocycles. The van der Waals surface area contributed by atoms with Gasteiger partial charge in [-0.05, 0) is 43.9 Å². The quantitative estimate of drug-likeness (QED) is 0.439. The SMILES string of the molecule is Cc1ccc(NC(=O)N2CCC(CC(F)(F)F)C2)cc1-c1cc(NCC(C)O)nc(C2CNCCO2)n1. The maximum absolute atomic E-state index is 12.8. The van der Waals surface area contributed by atoms with Crippen LogP contribution in [0.15, 0.2) is 24.3 Å². The maximum atomic E-state index is 12.8. The zero-order valence-electron chi connectivity index (χ0n) is 20.9. The van der Waals surface area contributed by atoms with Crippen LogP contribution >= 0.6 is 0 Å². The highest BCUT2D eigenvalue weighted by Gasteiger charge is 2.36. The number of hydrogen-bond donors (Lipinski definition) is 4. The van der Waals surface area contributed by atoms with Crippen molar-refractivity contribution in [2.45, 2.75) is 45.1 Å². The third-order valence-electron chi connectivity index (χ3n) is 6.40. The number of amides is 2. The number of rotatable bonds is 7. The number of urea groups is 1. The first-order valence-electron chi connectivity index (χ1n) is 12.4. The highest BCUT2D eigenvalue weighted by Crippen LogP contribution is 2.32. The molecule has 0 radical (unpaired) electrons. The molecule has 0 bridgehead atoms. The number of nitrogens with zero attached hydrogens (tertiary/aromatic N) is 3. The summed E-state index contributed by atoms with van der Waals surface area (Å²) in [6.07, 6.45) is -5.69. The van der Waals surface area contributed by atoms with Crippen LogP contribution in [0.4, 0.5) is 29.5 Å². The zero-order valence-corrected chi connectivity index (χ0v) is 20.9. The fraction of sp³-hybridized carbons (Fsp3) is 0.560. The molecule has 2 aromatic rings. The predicted molar refractivity (Wildman–Crippen MR) is 133 cm³/mol. The van der Waals surface area contributed by atoms with Crippen LogP contribution in [-0.4, -0.2) is 77.6 Å². The van der Waals surface area contributed by atoms with Gasteiger partial charge in [0.05, 0.1) is 18.4 Å². The number of carbonyl (C=O) groups excluding carboxylic acids is 1. The fourth-order valence-corrected chi connectivity index (χ4v) is 4.51. The Morgan fingerprint density at radius 1 is 1.32 bits per heavy atom. The number of halogens is 3. The van der Waals surface area contributed by atoms with Gasteiger partial charge in [-0.2, -0.15) is 13.2 Å². The summed E-state index contributed by atoms with van der Waals surface area (Å²) in [6, 6.07) is 6.75. The molecule has 3 atom stereocenters. The van der Waals surface area contributed by atoms with Gasteiger partial charge in [-0.15, -0.1) is 0 Å². The second kappa shape index (κ2) is 11.6. The highest BCUT2D eigenvalue weighted by atomic mass is 19.4. The minimum Gasteiger partial charge on any atom is -0.392 e. The normalized spacial score (nSPS) is 21.1. The largest absolute Gasteiger partial charge is 0.392 e. The molecule has 1 aromatic heterocycles. The number of likely N-dealkylation sites (tertiary alicyclic amines) is 1. The lowest BCUT2D eigenvalue weighted by atomic mass is 10.0. The first kappa shape index (κ1) is 27.1. The summed E-state index contributed by atoms with van der Waals surface area (Å²) >= 11 is 0. The van der Waals surface area contributed by atoms with E-state index >= 15 is 0 Å². The molecule has 3 unspecified atom stereocenters. The average molecular weight is 523 g/mol. The number of nitrogens with one attached hydrogen (secondary N) is 3. The van der Waals surface area contributed by atoms with Gasteiger partial charge in [-0.3, -0.25) is 0 Å². The summed E-state index contributed by atoms with van der Waals surface area (Å²) < 4.78 is 44.0. The summed E-state index contributed by atoms with van der Waals surface area (Å²) in [6.45, 7) is 6.12. The van der Waals surface area contributed by atoms with Crippen LogP contribution in [-0.2, 0) is 4.74 Å². The van der Waals surface area contributed by atoms with E-state index < -0.39 is 30.7 Å². The Kier molecular flexibility index (Phi) is 8.50. The Labute approximate surface area is 213 Å². The van der Waals surface area contributed by atoms with Crippen LogP contribution in [0.3, 0.4) is 0 Å². The minimum atomic E-state index is -4.24. The van der Waals surface area contributed by atoms with Crippen LogP contribution in [0.5, 0.6) is 0 Å². The number of aliphatic hydroxyl groups excluding tert-OH is 1. The molecule has 202 valence electrons. The molecule has 37 heavy (non-hydrogen) atoms. The van der Waals surface area contributed by atoms with Crippen molar-refractivity contribution in [2.75, 3.05) is 50.0 Å². The topological polar surface area (TPSA) is 112 Å². The van der Waals surface area contributed by atoms with Crippen LogP contribution in [0.1, 0.15) is 37.3 Å².